The van der Waals surface area contributed by atoms with E-state index in [2.05, 4.69) is 65.0 Å². The second-order valence-electron chi connectivity index (χ2n) is 17.1. The van der Waals surface area contributed by atoms with E-state index in [1.807, 2.05) is 25.5 Å². The van der Waals surface area contributed by atoms with E-state index in [1.54, 1.807) is 0 Å². The third kappa shape index (κ3) is 9.95. The Labute approximate surface area is 394 Å². The summed E-state index contributed by atoms with van der Waals surface area (Å²) in [6.45, 7) is 3.19. The van der Waals surface area contributed by atoms with Crippen LogP contribution in [0.15, 0.2) is 113 Å². The predicted octanol–water partition coefficient (Wildman–Crippen LogP) is 5.29. The zero-order valence-corrected chi connectivity index (χ0v) is 38.4. The molecule has 4 heterocycles. The number of aliphatic hydroxyl groups excluding tert-OH is 2. The lowest BCUT2D eigenvalue weighted by Gasteiger charge is -2.50. The van der Waals surface area contributed by atoms with Gasteiger partial charge in [0.15, 0.2) is 11.7 Å². The molecule has 0 saturated carbocycles. The number of aromatic amines is 1. The van der Waals surface area contributed by atoms with Crippen molar-refractivity contribution in [2.45, 2.75) is 68.0 Å². The smallest absolute Gasteiger partial charge is 0.335 e. The van der Waals surface area contributed by atoms with Crippen LogP contribution in [0.2, 0.25) is 0 Å². The van der Waals surface area contributed by atoms with Crippen molar-refractivity contribution in [2.24, 2.45) is 17.6 Å². The molecule has 10 N–H and O–H groups in total. The van der Waals surface area contributed by atoms with Crippen molar-refractivity contribution in [2.75, 3.05) is 31.8 Å². The lowest BCUT2D eigenvalue weighted by Crippen LogP contribution is -2.75. The zero-order valence-electron chi connectivity index (χ0n) is 36.7. The molecule has 2 saturated heterocycles. The second kappa shape index (κ2) is 20.8. The fourth-order valence-electron chi connectivity index (χ4n) is 9.32. The summed E-state index contributed by atoms with van der Waals surface area (Å²) in [5, 5.41) is 62.9. The number of hydrogen-bond donors (Lipinski definition) is 9. The van der Waals surface area contributed by atoms with Gasteiger partial charge in [-0.15, -0.1) is 0 Å². The van der Waals surface area contributed by atoms with Crippen LogP contribution in [-0.2, 0) is 14.3 Å². The number of phenols is 1. The molecular formula is C49H54N4O12S2. The number of amides is 1. The number of fused-ring (bicyclic) bond motifs is 3. The monoisotopic (exact) mass is 954 g/mol. The first-order chi connectivity index (χ1) is 32.3. The SMILES string of the molecule is CNCC[C@H]1C=C/C(=C\C[C@H](C)[C@@H]2CN[C@H](O)[C@]3(O)[C@H](Oc4ccc5c(=O)c(-c6ccc(O)cc6)c(C(N)=O)oc5c4)O[C@H](C(=O)O)[C@@H](O)[C@@H]3OCSSC[C@H]2c2cc[nH]c2)c2ccccc21. The molecule has 1 amide bonds. The number of ether oxygens (including phenoxy) is 3. The minimum Gasteiger partial charge on any atom is -0.508 e. The molecule has 67 heavy (non-hydrogen) atoms. The van der Waals surface area contributed by atoms with Crippen molar-refractivity contribution in [1.29, 1.82) is 0 Å². The number of allylic oxidation sites excluding steroid dienone is 4. The molecule has 2 aliphatic heterocycles. The van der Waals surface area contributed by atoms with E-state index in [0.717, 1.165) is 24.1 Å². The van der Waals surface area contributed by atoms with Crippen molar-refractivity contribution in [3.63, 3.8) is 0 Å². The van der Waals surface area contributed by atoms with Crippen LogP contribution in [0.3, 0.4) is 0 Å². The van der Waals surface area contributed by atoms with E-state index in [4.69, 9.17) is 24.4 Å². The molecule has 16 nitrogen and oxygen atoms in total. The van der Waals surface area contributed by atoms with Crippen LogP contribution in [0.25, 0.3) is 27.7 Å². The molecule has 18 heteroatoms. The third-order valence-corrected chi connectivity index (χ3v) is 15.0. The summed E-state index contributed by atoms with van der Waals surface area (Å²) in [5.41, 5.74) is 6.99. The second-order valence-corrected chi connectivity index (χ2v) is 19.5. The van der Waals surface area contributed by atoms with Gasteiger partial charge in [-0.25, -0.2) is 4.79 Å². The highest BCUT2D eigenvalue weighted by atomic mass is 33.1. The van der Waals surface area contributed by atoms with Crippen LogP contribution < -0.4 is 26.5 Å². The number of nitrogens with two attached hydrogens (primary N) is 1. The maximum Gasteiger partial charge on any atom is 0.335 e. The molecule has 0 unspecified atom stereocenters. The predicted molar refractivity (Wildman–Crippen MR) is 255 cm³/mol. The Morgan fingerprint density at radius 1 is 1.09 bits per heavy atom. The number of aromatic nitrogens is 1. The molecule has 3 aliphatic rings. The number of rotatable bonds is 12. The number of hydrogen-bond acceptors (Lipinski definition) is 15. The highest BCUT2D eigenvalue weighted by Crippen LogP contribution is 2.43. The van der Waals surface area contributed by atoms with E-state index >= 15 is 0 Å². The molecule has 0 radical (unpaired) electrons. The van der Waals surface area contributed by atoms with Gasteiger partial charge in [0.25, 0.3) is 5.91 Å². The topological polar surface area (TPSA) is 259 Å². The van der Waals surface area contributed by atoms with E-state index in [-0.39, 0.29) is 63.8 Å². The molecule has 0 spiro atoms. The van der Waals surface area contributed by atoms with Gasteiger partial charge < -0.3 is 60.2 Å². The number of carboxylic acid groups (broad SMARTS) is 1. The quantitative estimate of drug-likeness (QED) is 0.0720. The molecule has 3 aromatic carbocycles. The number of phenolic OH excluding ortho intramolecular Hbond substituents is 1. The number of H-pyrrole nitrogens is 1. The minimum atomic E-state index is -2.67. The Hall–Kier alpha value is -5.41. The zero-order chi connectivity index (χ0) is 47.4. The maximum absolute atomic E-state index is 13.8. The van der Waals surface area contributed by atoms with Gasteiger partial charge in [0.1, 0.15) is 41.5 Å². The summed E-state index contributed by atoms with van der Waals surface area (Å²) in [7, 11) is 4.79. The minimum absolute atomic E-state index is 0.00801. The molecule has 8 rings (SSSR count). The summed E-state index contributed by atoms with van der Waals surface area (Å²) in [6.07, 6.45) is 2.49. The lowest BCUT2D eigenvalue weighted by molar-refractivity contribution is -0.342. The van der Waals surface area contributed by atoms with Crippen molar-refractivity contribution in [1.82, 2.24) is 15.6 Å². The van der Waals surface area contributed by atoms with E-state index < -0.39 is 59.5 Å². The number of aliphatic hydroxyl groups is 3. The Morgan fingerprint density at radius 3 is 2.61 bits per heavy atom. The van der Waals surface area contributed by atoms with Gasteiger partial charge in [0, 0.05) is 36.7 Å². The summed E-state index contributed by atoms with van der Waals surface area (Å²) >= 11 is 0. The number of primary amides is 1. The number of aliphatic carboxylic acids is 1. The Bertz CT molecular complexity index is 2680. The number of carboxylic acids is 1. The summed E-state index contributed by atoms with van der Waals surface area (Å²) in [5.74, 6) is -2.70. The van der Waals surface area contributed by atoms with Crippen LogP contribution in [0.1, 0.15) is 58.8 Å². The molecule has 354 valence electrons. The average molecular weight is 955 g/mol. The van der Waals surface area contributed by atoms with Gasteiger partial charge in [0.05, 0.1) is 10.9 Å². The van der Waals surface area contributed by atoms with Crippen LogP contribution >= 0.6 is 21.6 Å². The third-order valence-electron chi connectivity index (χ3n) is 13.0. The Kier molecular flexibility index (Phi) is 15.0. The van der Waals surface area contributed by atoms with Crippen molar-refractivity contribution >= 4 is 50.0 Å². The molecule has 10 atom stereocenters. The summed E-state index contributed by atoms with van der Waals surface area (Å²) in [4.78, 5) is 42.2. The van der Waals surface area contributed by atoms with Gasteiger partial charge in [-0.1, -0.05) is 83.1 Å². The van der Waals surface area contributed by atoms with E-state index in [0.29, 0.717) is 18.1 Å². The van der Waals surface area contributed by atoms with E-state index in [9.17, 15) is 39.9 Å². The molecule has 2 aromatic heterocycles. The summed E-state index contributed by atoms with van der Waals surface area (Å²) in [6, 6.07) is 19.9. The van der Waals surface area contributed by atoms with Crippen LogP contribution in [0.5, 0.6) is 11.5 Å². The van der Waals surface area contributed by atoms with Crippen LogP contribution in [0.4, 0.5) is 0 Å². The fraction of sp³-hybridized carbons (Fsp3) is 0.367. The Morgan fingerprint density at radius 2 is 1.88 bits per heavy atom. The average Bonchev–Trinajstić information content (AvgIpc) is 3.86. The van der Waals surface area contributed by atoms with Crippen molar-refractivity contribution in [3.8, 4) is 22.6 Å². The van der Waals surface area contributed by atoms with Gasteiger partial charge in [-0.2, -0.15) is 0 Å². The first kappa shape index (κ1) is 48.1. The first-order valence-electron chi connectivity index (χ1n) is 22.0. The molecule has 1 aliphatic carbocycles. The first-order valence-corrected chi connectivity index (χ1v) is 24.5. The van der Waals surface area contributed by atoms with Crippen LogP contribution in [0, 0.1) is 11.8 Å². The molecular weight excluding hydrogens is 901 g/mol. The summed E-state index contributed by atoms with van der Waals surface area (Å²) < 4.78 is 23.9. The molecule has 5 aromatic rings. The number of aromatic hydroxyl groups is 1. The largest absolute Gasteiger partial charge is 0.508 e. The van der Waals surface area contributed by atoms with Gasteiger partial charge in [0.2, 0.25) is 17.5 Å². The molecule has 2 fully saturated rings. The maximum atomic E-state index is 13.8. The van der Waals surface area contributed by atoms with Gasteiger partial charge in [-0.3, -0.25) is 14.9 Å². The van der Waals surface area contributed by atoms with Gasteiger partial charge in [-0.05, 0) is 102 Å². The number of carbonyl (C=O) groups excluding carboxylic acids is 1. The van der Waals surface area contributed by atoms with E-state index in [1.165, 1.54) is 75.2 Å². The standard InChI is InChI=1S/C49H54N4O12S2/c1-26(7-8-27-9-10-28(17-19-51-2)34-6-4-3-5-33(27)34)36-23-53-47(60)49(61)44(62-25-67-66-24-37(36)30-18-20-52-22-30)41(56)43(46(58)59)65-48(49)63-32-15-16-35-38(21-32)64-42(45(50)57)39(40(35)55)29-11-13-31(54)14-12-29/h3-6,8-16,18,20-22,26,28,36-37,41,43-44,47-48,51-54,56,60-61H,7,17,19,23-25H2,1-2H3,(H2,50,57)(H,58,59)/b27-8+/t26-,28+,36-,37-,41+,43-,44-,47+,48+,49-/m0/s1. The molecule has 0 bridgehead atoms. The Balaban J connectivity index is 1.12. The van der Waals surface area contributed by atoms with Gasteiger partial charge >= 0.3 is 5.97 Å². The highest BCUT2D eigenvalue weighted by Gasteiger charge is 2.63. The fourth-order valence-corrected chi connectivity index (χ4v) is 11.4. The van der Waals surface area contributed by atoms with Crippen molar-refractivity contribution in [3.05, 3.63) is 136 Å². The number of benzene rings is 3. The number of carbonyl (C=O) groups is 2. The highest BCUT2D eigenvalue weighted by molar-refractivity contribution is 8.76. The lowest BCUT2D eigenvalue weighted by atomic mass is 9.77. The van der Waals surface area contributed by atoms with Crippen molar-refractivity contribution < 1.29 is 53.7 Å². The normalized spacial score (nSPS) is 27.9. The van der Waals surface area contributed by atoms with Crippen LogP contribution in [-0.4, -0.2) is 111 Å². The number of nitrogens with one attached hydrogen (secondary N) is 3.